The molecule has 5 heteroatoms. The molecule has 0 aromatic rings. The molecule has 5 nitrogen and oxygen atoms in total. The van der Waals surface area contributed by atoms with E-state index in [9.17, 15) is 20.1 Å². The molecule has 0 spiro atoms. The zero-order valence-corrected chi connectivity index (χ0v) is 15.0. The van der Waals surface area contributed by atoms with Crippen molar-refractivity contribution < 1.29 is 25.2 Å². The van der Waals surface area contributed by atoms with Gasteiger partial charge in [0.05, 0.1) is 18.3 Å². The Labute approximate surface area is 150 Å². The highest BCUT2D eigenvalue weighted by Gasteiger charge is 2.39. The summed E-state index contributed by atoms with van der Waals surface area (Å²) in [7, 11) is 0. The average Bonchev–Trinajstić information content (AvgIpc) is 2.82. The van der Waals surface area contributed by atoms with Crippen molar-refractivity contribution in [2.75, 3.05) is 0 Å². The number of carbonyl (C=O) groups is 1. The van der Waals surface area contributed by atoms with Crippen molar-refractivity contribution in [3.05, 3.63) is 36.5 Å². The van der Waals surface area contributed by atoms with E-state index >= 15 is 0 Å². The number of carboxylic acids is 1. The highest BCUT2D eigenvalue weighted by Crippen LogP contribution is 2.36. The summed E-state index contributed by atoms with van der Waals surface area (Å²) in [6, 6.07) is 0. The van der Waals surface area contributed by atoms with Crippen molar-refractivity contribution in [3.8, 4) is 0 Å². The first kappa shape index (κ1) is 21.6. The van der Waals surface area contributed by atoms with Crippen molar-refractivity contribution in [2.24, 2.45) is 11.8 Å². The van der Waals surface area contributed by atoms with Crippen molar-refractivity contribution in [3.63, 3.8) is 0 Å². The highest BCUT2D eigenvalue weighted by molar-refractivity contribution is 5.66. The van der Waals surface area contributed by atoms with Crippen LogP contribution in [0.15, 0.2) is 36.5 Å². The molecule has 142 valence electrons. The molecule has 0 aromatic heterocycles. The smallest absolute Gasteiger partial charge is 0.303 e. The summed E-state index contributed by atoms with van der Waals surface area (Å²) in [6.07, 6.45) is 13.5. The molecule has 0 unspecified atom stereocenters. The molecule has 25 heavy (non-hydrogen) atoms. The number of carboxylic acid groups (broad SMARTS) is 1. The van der Waals surface area contributed by atoms with Gasteiger partial charge in [-0.2, -0.15) is 0 Å². The van der Waals surface area contributed by atoms with Crippen molar-refractivity contribution in [1.29, 1.82) is 0 Å². The lowest BCUT2D eigenvalue weighted by molar-refractivity contribution is -0.137. The van der Waals surface area contributed by atoms with Gasteiger partial charge >= 0.3 is 5.97 Å². The van der Waals surface area contributed by atoms with Gasteiger partial charge in [0.2, 0.25) is 0 Å². The summed E-state index contributed by atoms with van der Waals surface area (Å²) in [4.78, 5) is 10.5. The number of hydrogen-bond acceptors (Lipinski definition) is 4. The molecule has 0 radical (unpaired) electrons. The van der Waals surface area contributed by atoms with E-state index in [0.29, 0.717) is 32.1 Å². The predicted octanol–water partition coefficient (Wildman–Crippen LogP) is 2.82. The third kappa shape index (κ3) is 8.47. The molecule has 0 amide bonds. The Balaban J connectivity index is 2.50. The van der Waals surface area contributed by atoms with E-state index in [4.69, 9.17) is 5.11 Å². The minimum atomic E-state index is -0.791. The van der Waals surface area contributed by atoms with Crippen molar-refractivity contribution >= 4 is 5.97 Å². The third-order valence-electron chi connectivity index (χ3n) is 4.59. The maximum absolute atomic E-state index is 10.5. The van der Waals surface area contributed by atoms with Gasteiger partial charge in [-0.05, 0) is 38.0 Å². The molecule has 4 N–H and O–H groups in total. The summed E-state index contributed by atoms with van der Waals surface area (Å²) < 4.78 is 0. The largest absolute Gasteiger partial charge is 0.481 e. The average molecular weight is 352 g/mol. The van der Waals surface area contributed by atoms with Crippen LogP contribution in [0.1, 0.15) is 51.9 Å². The van der Waals surface area contributed by atoms with Crippen LogP contribution in [0.3, 0.4) is 0 Å². The predicted molar refractivity (Wildman–Crippen MR) is 98.0 cm³/mol. The SMILES string of the molecule is CC/C=C/C[C@H](O)C=C[C@@H]1[C@@H](C/C=C/CCCC(=O)O)[C@@H](O)C[C@H]1O. The van der Waals surface area contributed by atoms with Crippen LogP contribution in [0.2, 0.25) is 0 Å². The first-order chi connectivity index (χ1) is 12.0. The number of unbranched alkanes of at least 4 members (excludes halogenated alkanes) is 1. The molecule has 1 aliphatic carbocycles. The Hall–Kier alpha value is -1.43. The molecule has 0 saturated heterocycles. The second kappa shape index (κ2) is 12.0. The second-order valence-corrected chi connectivity index (χ2v) is 6.67. The number of aliphatic carboxylic acids is 1. The van der Waals surface area contributed by atoms with Gasteiger partial charge in [-0.15, -0.1) is 0 Å². The van der Waals surface area contributed by atoms with Gasteiger partial charge in [0, 0.05) is 18.8 Å². The fraction of sp³-hybridized carbons (Fsp3) is 0.650. The zero-order chi connectivity index (χ0) is 18.7. The standard InChI is InChI=1S/C20H32O5/c1-2-3-6-9-15(21)12-13-17-16(18(22)14-19(17)23)10-7-4-5-8-11-20(24)25/h3-4,6-7,12-13,15-19,21-23H,2,5,8-11,14H2,1H3,(H,24,25)/b6-3+,7-4+,13-12?/t15-,16+,17+,18-,19+/m0/s1. The monoisotopic (exact) mass is 352 g/mol. The van der Waals surface area contributed by atoms with Crippen LogP contribution in [-0.4, -0.2) is 44.7 Å². The normalized spacial score (nSPS) is 28.5. The van der Waals surface area contributed by atoms with Crippen LogP contribution >= 0.6 is 0 Å². The third-order valence-corrected chi connectivity index (χ3v) is 4.59. The molecule has 5 atom stereocenters. The number of aliphatic hydroxyl groups excluding tert-OH is 3. The lowest BCUT2D eigenvalue weighted by Crippen LogP contribution is -2.20. The summed E-state index contributed by atoms with van der Waals surface area (Å²) in [5, 5.41) is 38.9. The summed E-state index contributed by atoms with van der Waals surface area (Å²) in [6.45, 7) is 2.04. The van der Waals surface area contributed by atoms with Crippen LogP contribution in [-0.2, 0) is 4.79 Å². The number of hydrogen-bond donors (Lipinski definition) is 4. The van der Waals surface area contributed by atoms with Gasteiger partial charge in [0.15, 0.2) is 0 Å². The maximum atomic E-state index is 10.5. The van der Waals surface area contributed by atoms with Gasteiger partial charge in [-0.25, -0.2) is 0 Å². The topological polar surface area (TPSA) is 98.0 Å². The van der Waals surface area contributed by atoms with Crippen LogP contribution in [0.25, 0.3) is 0 Å². The fourth-order valence-corrected chi connectivity index (χ4v) is 3.19. The van der Waals surface area contributed by atoms with E-state index < -0.39 is 24.3 Å². The molecule has 0 aliphatic heterocycles. The number of allylic oxidation sites excluding steroid dienone is 3. The molecule has 0 aromatic carbocycles. The van der Waals surface area contributed by atoms with E-state index in [1.165, 1.54) is 0 Å². The minimum Gasteiger partial charge on any atom is -0.481 e. The molecular formula is C20H32O5. The maximum Gasteiger partial charge on any atom is 0.303 e. The quantitative estimate of drug-likeness (QED) is 0.339. The van der Waals surface area contributed by atoms with E-state index in [2.05, 4.69) is 0 Å². The van der Waals surface area contributed by atoms with E-state index in [0.717, 1.165) is 6.42 Å². The zero-order valence-electron chi connectivity index (χ0n) is 15.0. The van der Waals surface area contributed by atoms with Crippen molar-refractivity contribution in [2.45, 2.75) is 70.2 Å². The second-order valence-electron chi connectivity index (χ2n) is 6.67. The van der Waals surface area contributed by atoms with Gasteiger partial charge < -0.3 is 20.4 Å². The number of rotatable bonds is 11. The summed E-state index contributed by atoms with van der Waals surface area (Å²) >= 11 is 0. The van der Waals surface area contributed by atoms with Crippen LogP contribution in [0, 0.1) is 11.8 Å². The van der Waals surface area contributed by atoms with Crippen LogP contribution in [0.4, 0.5) is 0 Å². The Morgan fingerprint density at radius 1 is 1.16 bits per heavy atom. The van der Waals surface area contributed by atoms with E-state index in [1.807, 2.05) is 37.3 Å². The Bertz CT molecular complexity index is 469. The molecular weight excluding hydrogens is 320 g/mol. The Kier molecular flexibility index (Phi) is 10.4. The first-order valence-corrected chi connectivity index (χ1v) is 9.20. The molecule has 0 bridgehead atoms. The minimum absolute atomic E-state index is 0.0830. The molecule has 1 rings (SSSR count). The van der Waals surface area contributed by atoms with Crippen molar-refractivity contribution in [1.82, 2.24) is 0 Å². The lowest BCUT2D eigenvalue weighted by atomic mass is 9.89. The van der Waals surface area contributed by atoms with Gasteiger partial charge in [0.1, 0.15) is 0 Å². The van der Waals surface area contributed by atoms with Gasteiger partial charge in [-0.1, -0.05) is 43.4 Å². The van der Waals surface area contributed by atoms with E-state index in [-0.39, 0.29) is 18.3 Å². The first-order valence-electron chi connectivity index (χ1n) is 9.20. The van der Waals surface area contributed by atoms with Gasteiger partial charge in [0.25, 0.3) is 0 Å². The highest BCUT2D eigenvalue weighted by atomic mass is 16.4. The number of aliphatic hydroxyl groups is 3. The Morgan fingerprint density at radius 2 is 1.92 bits per heavy atom. The molecule has 1 aliphatic rings. The molecule has 0 heterocycles. The van der Waals surface area contributed by atoms with E-state index in [1.54, 1.807) is 6.08 Å². The van der Waals surface area contributed by atoms with Gasteiger partial charge in [-0.3, -0.25) is 4.79 Å². The summed E-state index contributed by atoms with van der Waals surface area (Å²) in [5.74, 6) is -1.05. The molecule has 1 fully saturated rings. The lowest BCUT2D eigenvalue weighted by Gasteiger charge is -2.19. The fourth-order valence-electron chi connectivity index (χ4n) is 3.19. The van der Waals surface area contributed by atoms with Crippen LogP contribution in [0.5, 0.6) is 0 Å². The summed E-state index contributed by atoms with van der Waals surface area (Å²) in [5.41, 5.74) is 0. The van der Waals surface area contributed by atoms with Crippen LogP contribution < -0.4 is 0 Å². The Morgan fingerprint density at radius 3 is 2.60 bits per heavy atom. The molecule has 1 saturated carbocycles.